The third kappa shape index (κ3) is 3.52. The molecule has 16 heavy (non-hydrogen) atoms. The molecule has 0 saturated carbocycles. The second-order valence-electron chi connectivity index (χ2n) is 4.04. The van der Waals surface area contributed by atoms with Crippen LogP contribution in [0.4, 0.5) is 0 Å². The summed E-state index contributed by atoms with van der Waals surface area (Å²) >= 11 is 1.69. The van der Waals surface area contributed by atoms with E-state index in [1.54, 1.807) is 11.3 Å². The first-order valence-corrected chi connectivity index (χ1v) is 6.72. The van der Waals surface area contributed by atoms with Crippen LogP contribution in [0.25, 0.3) is 0 Å². The van der Waals surface area contributed by atoms with Gasteiger partial charge >= 0.3 is 0 Å². The fraction of sp³-hybridized carbons (Fsp3) is 0.727. The van der Waals surface area contributed by atoms with E-state index in [2.05, 4.69) is 15.7 Å². The Hall–Kier alpha value is -0.490. The van der Waals surface area contributed by atoms with E-state index in [9.17, 15) is 0 Å². The zero-order chi connectivity index (χ0) is 11.2. The number of nitrogens with two attached hydrogens (primary N) is 1. The fourth-order valence-corrected chi connectivity index (χ4v) is 2.65. The van der Waals surface area contributed by atoms with Crippen molar-refractivity contribution in [2.24, 2.45) is 5.73 Å². The molecule has 90 valence electrons. The van der Waals surface area contributed by atoms with Crippen molar-refractivity contribution < 1.29 is 4.74 Å². The van der Waals surface area contributed by atoms with Gasteiger partial charge in [-0.25, -0.2) is 4.98 Å². The highest BCUT2D eigenvalue weighted by molar-refractivity contribution is 7.09. The minimum atomic E-state index is 0.405. The van der Waals surface area contributed by atoms with Crippen LogP contribution in [0.15, 0.2) is 5.38 Å². The van der Waals surface area contributed by atoms with Gasteiger partial charge in [0.25, 0.3) is 0 Å². The van der Waals surface area contributed by atoms with E-state index < -0.39 is 0 Å². The van der Waals surface area contributed by atoms with Crippen molar-refractivity contribution in [3.8, 4) is 0 Å². The molecule has 5 heteroatoms. The number of thiazole rings is 1. The molecule has 1 aliphatic heterocycles. The standard InChI is InChI=1S/C11H19N3OS/c12-4-3-11-14-9(8-16-11)6-13-7-10-2-1-5-15-10/h8,10,13H,1-7,12H2. The quantitative estimate of drug-likeness (QED) is 0.777. The maximum Gasteiger partial charge on any atom is 0.0941 e. The zero-order valence-corrected chi connectivity index (χ0v) is 10.3. The Morgan fingerprint density at radius 1 is 1.62 bits per heavy atom. The molecule has 2 rings (SSSR count). The van der Waals surface area contributed by atoms with Crippen molar-refractivity contribution >= 4 is 11.3 Å². The average molecular weight is 241 g/mol. The molecule has 3 N–H and O–H groups in total. The Bertz CT molecular complexity index is 310. The van der Waals surface area contributed by atoms with Crippen LogP contribution in [-0.2, 0) is 17.7 Å². The lowest BCUT2D eigenvalue weighted by Crippen LogP contribution is -2.25. The molecule has 0 bridgehead atoms. The predicted octanol–water partition coefficient (Wildman–Crippen LogP) is 0.913. The molecule has 1 aromatic heterocycles. The van der Waals surface area contributed by atoms with E-state index in [-0.39, 0.29) is 0 Å². The number of ether oxygens (including phenoxy) is 1. The molecule has 1 saturated heterocycles. The predicted molar refractivity (Wildman–Crippen MR) is 65.6 cm³/mol. The highest BCUT2D eigenvalue weighted by Gasteiger charge is 2.14. The van der Waals surface area contributed by atoms with Gasteiger partial charge < -0.3 is 15.8 Å². The minimum absolute atomic E-state index is 0.405. The Morgan fingerprint density at radius 3 is 3.31 bits per heavy atom. The van der Waals surface area contributed by atoms with Gasteiger partial charge in [-0.2, -0.15) is 0 Å². The molecule has 1 fully saturated rings. The Balaban J connectivity index is 1.67. The SMILES string of the molecule is NCCc1nc(CNCC2CCCO2)cs1. The third-order valence-corrected chi connectivity index (χ3v) is 3.62. The minimum Gasteiger partial charge on any atom is -0.377 e. The number of rotatable bonds is 6. The number of nitrogens with one attached hydrogen (secondary N) is 1. The Kier molecular flexibility index (Phi) is 4.71. The molecule has 4 nitrogen and oxygen atoms in total. The summed E-state index contributed by atoms with van der Waals surface area (Å²) in [6.07, 6.45) is 3.67. The maximum absolute atomic E-state index is 5.54. The first-order valence-electron chi connectivity index (χ1n) is 5.84. The highest BCUT2D eigenvalue weighted by Crippen LogP contribution is 2.12. The zero-order valence-electron chi connectivity index (χ0n) is 9.45. The lowest BCUT2D eigenvalue weighted by molar-refractivity contribution is 0.110. The van der Waals surface area contributed by atoms with Crippen LogP contribution >= 0.6 is 11.3 Å². The monoisotopic (exact) mass is 241 g/mol. The first kappa shape index (κ1) is 12.0. The van der Waals surface area contributed by atoms with Gasteiger partial charge in [-0.05, 0) is 19.4 Å². The van der Waals surface area contributed by atoms with Gasteiger partial charge in [-0.3, -0.25) is 0 Å². The van der Waals surface area contributed by atoms with Crippen LogP contribution in [0.5, 0.6) is 0 Å². The molecule has 0 aliphatic carbocycles. The highest BCUT2D eigenvalue weighted by atomic mass is 32.1. The maximum atomic E-state index is 5.54. The summed E-state index contributed by atoms with van der Waals surface area (Å²) in [5.41, 5.74) is 6.60. The van der Waals surface area contributed by atoms with Crippen LogP contribution in [0.3, 0.4) is 0 Å². The summed E-state index contributed by atoms with van der Waals surface area (Å²) in [6, 6.07) is 0. The Labute approximate surface area is 100 Å². The molecule has 2 heterocycles. The van der Waals surface area contributed by atoms with E-state index >= 15 is 0 Å². The summed E-state index contributed by atoms with van der Waals surface area (Å²) < 4.78 is 5.54. The fourth-order valence-electron chi connectivity index (χ4n) is 1.83. The van der Waals surface area contributed by atoms with Gasteiger partial charge in [0.15, 0.2) is 0 Å². The van der Waals surface area contributed by atoms with Crippen molar-refractivity contribution in [1.82, 2.24) is 10.3 Å². The molecule has 0 amide bonds. The lowest BCUT2D eigenvalue weighted by atomic mass is 10.2. The summed E-state index contributed by atoms with van der Waals surface area (Å²) in [6.45, 7) is 3.37. The topological polar surface area (TPSA) is 60.2 Å². The van der Waals surface area contributed by atoms with Gasteiger partial charge in [0.2, 0.25) is 0 Å². The molecular weight excluding hydrogens is 222 g/mol. The first-order chi connectivity index (χ1) is 7.88. The summed E-state index contributed by atoms with van der Waals surface area (Å²) in [4.78, 5) is 4.50. The average Bonchev–Trinajstić information content (AvgIpc) is 2.90. The molecule has 1 atom stereocenters. The number of hydrogen-bond donors (Lipinski definition) is 2. The number of aromatic nitrogens is 1. The number of hydrogen-bond acceptors (Lipinski definition) is 5. The molecular formula is C11H19N3OS. The van der Waals surface area contributed by atoms with Gasteiger partial charge in [0, 0.05) is 31.5 Å². The van der Waals surface area contributed by atoms with E-state index in [0.29, 0.717) is 12.6 Å². The molecule has 0 radical (unpaired) electrons. The van der Waals surface area contributed by atoms with Crippen LogP contribution in [0.1, 0.15) is 23.5 Å². The smallest absolute Gasteiger partial charge is 0.0941 e. The largest absolute Gasteiger partial charge is 0.377 e. The van der Waals surface area contributed by atoms with Crippen LogP contribution in [-0.4, -0.2) is 30.8 Å². The molecule has 1 aliphatic rings. The second kappa shape index (κ2) is 6.30. The van der Waals surface area contributed by atoms with Crippen molar-refractivity contribution in [1.29, 1.82) is 0 Å². The van der Waals surface area contributed by atoms with E-state index in [1.165, 1.54) is 12.8 Å². The molecule has 0 spiro atoms. The Morgan fingerprint density at radius 2 is 2.56 bits per heavy atom. The van der Waals surface area contributed by atoms with Gasteiger partial charge in [0.1, 0.15) is 0 Å². The summed E-state index contributed by atoms with van der Waals surface area (Å²) in [7, 11) is 0. The third-order valence-electron chi connectivity index (χ3n) is 2.66. The lowest BCUT2D eigenvalue weighted by Gasteiger charge is -2.09. The molecule has 1 unspecified atom stereocenters. The van der Waals surface area contributed by atoms with Crippen LogP contribution in [0, 0.1) is 0 Å². The van der Waals surface area contributed by atoms with Crippen LogP contribution < -0.4 is 11.1 Å². The van der Waals surface area contributed by atoms with Gasteiger partial charge in [-0.15, -0.1) is 11.3 Å². The summed E-state index contributed by atoms with van der Waals surface area (Å²) in [5.74, 6) is 0. The van der Waals surface area contributed by atoms with Crippen LogP contribution in [0.2, 0.25) is 0 Å². The summed E-state index contributed by atoms with van der Waals surface area (Å²) in [5, 5.41) is 6.63. The van der Waals surface area contributed by atoms with Gasteiger partial charge in [0.05, 0.1) is 16.8 Å². The second-order valence-corrected chi connectivity index (χ2v) is 4.98. The molecule has 0 aromatic carbocycles. The normalized spacial score (nSPS) is 20.4. The molecule has 1 aromatic rings. The van der Waals surface area contributed by atoms with Crippen molar-refractivity contribution in [3.05, 3.63) is 16.1 Å². The van der Waals surface area contributed by atoms with Crippen molar-refractivity contribution in [2.45, 2.75) is 31.9 Å². The van der Waals surface area contributed by atoms with Crippen molar-refractivity contribution in [2.75, 3.05) is 19.7 Å². The van der Waals surface area contributed by atoms with E-state index in [0.717, 1.165) is 36.8 Å². The van der Waals surface area contributed by atoms with Gasteiger partial charge in [-0.1, -0.05) is 0 Å². The van der Waals surface area contributed by atoms with Crippen molar-refractivity contribution in [3.63, 3.8) is 0 Å². The number of nitrogens with zero attached hydrogens (tertiary/aromatic N) is 1. The van der Waals surface area contributed by atoms with E-state index in [1.807, 2.05) is 0 Å². The van der Waals surface area contributed by atoms with E-state index in [4.69, 9.17) is 10.5 Å².